The number of nitrogens with one attached hydrogen (secondary N) is 1. The Balaban J connectivity index is 1.53. The molecule has 0 saturated carbocycles. The third kappa shape index (κ3) is 4.15. The minimum atomic E-state index is -0.404. The number of nitrogens with zero attached hydrogens (tertiary/aromatic N) is 2. The normalized spacial score (nSPS) is 20.3. The summed E-state index contributed by atoms with van der Waals surface area (Å²) in [6, 6.07) is 6.74. The molecule has 1 atom stereocenters. The van der Waals surface area contributed by atoms with Crippen molar-refractivity contribution >= 4 is 17.7 Å². The first-order chi connectivity index (χ1) is 12.4. The molecule has 7 heteroatoms. The summed E-state index contributed by atoms with van der Waals surface area (Å²) in [6.07, 6.45) is 1.05. The summed E-state index contributed by atoms with van der Waals surface area (Å²) in [5, 5.41) is 2.71. The highest BCUT2D eigenvalue weighted by atomic mass is 16.5. The molecule has 0 aliphatic carbocycles. The van der Waals surface area contributed by atoms with E-state index < -0.39 is 6.04 Å². The number of carbonyl (C=O) groups is 3. The summed E-state index contributed by atoms with van der Waals surface area (Å²) in [4.78, 5) is 39.8. The van der Waals surface area contributed by atoms with Crippen LogP contribution in [0.25, 0.3) is 0 Å². The largest absolute Gasteiger partial charge is 0.491 e. The molecule has 1 aromatic rings. The van der Waals surface area contributed by atoms with Gasteiger partial charge in [0, 0.05) is 38.2 Å². The molecule has 2 saturated heterocycles. The van der Waals surface area contributed by atoms with Crippen molar-refractivity contribution in [1.82, 2.24) is 15.1 Å². The summed E-state index contributed by atoms with van der Waals surface area (Å²) in [7, 11) is 0. The van der Waals surface area contributed by atoms with E-state index in [1.165, 1.54) is 0 Å². The number of rotatable bonds is 4. The summed E-state index contributed by atoms with van der Waals surface area (Å²) in [6.45, 7) is 5.88. The lowest BCUT2D eigenvalue weighted by molar-refractivity contribution is -0.135. The van der Waals surface area contributed by atoms with Gasteiger partial charge in [-0.15, -0.1) is 0 Å². The molecule has 26 heavy (non-hydrogen) atoms. The lowest BCUT2D eigenvalue weighted by atomic mass is 10.1. The zero-order chi connectivity index (χ0) is 18.7. The van der Waals surface area contributed by atoms with E-state index >= 15 is 0 Å². The predicted molar refractivity (Wildman–Crippen MR) is 95.9 cm³/mol. The lowest BCUT2D eigenvalue weighted by Crippen LogP contribution is -2.54. The molecule has 1 aromatic carbocycles. The molecule has 0 spiro atoms. The van der Waals surface area contributed by atoms with Gasteiger partial charge in [-0.2, -0.15) is 0 Å². The first-order valence-electron chi connectivity index (χ1n) is 9.08. The van der Waals surface area contributed by atoms with E-state index in [0.717, 1.165) is 5.75 Å². The zero-order valence-corrected chi connectivity index (χ0v) is 15.2. The lowest BCUT2D eigenvalue weighted by Gasteiger charge is -2.36. The van der Waals surface area contributed by atoms with Crippen LogP contribution in [0.5, 0.6) is 5.75 Å². The van der Waals surface area contributed by atoms with Crippen molar-refractivity contribution in [3.05, 3.63) is 29.8 Å². The molecular formula is C19H25N3O4. The summed E-state index contributed by atoms with van der Waals surface area (Å²) in [5.41, 5.74) is 0.615. The maximum absolute atomic E-state index is 12.6. The van der Waals surface area contributed by atoms with Crippen molar-refractivity contribution < 1.29 is 19.1 Å². The van der Waals surface area contributed by atoms with Crippen LogP contribution in [0.4, 0.5) is 0 Å². The standard InChI is InChI=1S/C19H25N3O4/c1-13(2)26-15-5-3-14(4-6-15)18(24)21-9-11-22(12-10-21)19(25)16-7-8-17(23)20-16/h3-6,13,16H,7-12H2,1-2H3,(H,20,23). The van der Waals surface area contributed by atoms with E-state index in [-0.39, 0.29) is 23.8 Å². The number of amides is 3. The highest BCUT2D eigenvalue weighted by Crippen LogP contribution is 2.17. The maximum atomic E-state index is 12.6. The Hall–Kier alpha value is -2.57. The average Bonchev–Trinajstić information content (AvgIpc) is 3.07. The van der Waals surface area contributed by atoms with Crippen LogP contribution in [0.15, 0.2) is 24.3 Å². The second-order valence-electron chi connectivity index (χ2n) is 6.97. The molecule has 0 bridgehead atoms. The molecule has 140 valence electrons. The van der Waals surface area contributed by atoms with Crippen LogP contribution in [-0.2, 0) is 9.59 Å². The van der Waals surface area contributed by atoms with Crippen LogP contribution in [0.3, 0.4) is 0 Å². The molecule has 1 unspecified atom stereocenters. The van der Waals surface area contributed by atoms with Crippen LogP contribution in [-0.4, -0.2) is 65.8 Å². The number of ether oxygens (including phenoxy) is 1. The van der Waals surface area contributed by atoms with Crippen LogP contribution in [0.1, 0.15) is 37.0 Å². The Kier molecular flexibility index (Phi) is 5.44. The first kappa shape index (κ1) is 18.2. The molecule has 2 fully saturated rings. The molecular weight excluding hydrogens is 334 g/mol. The van der Waals surface area contributed by atoms with Gasteiger partial charge in [0.05, 0.1) is 6.10 Å². The monoisotopic (exact) mass is 359 g/mol. The van der Waals surface area contributed by atoms with E-state index in [4.69, 9.17) is 4.74 Å². The Morgan fingerprint density at radius 3 is 2.23 bits per heavy atom. The van der Waals surface area contributed by atoms with Crippen LogP contribution < -0.4 is 10.1 Å². The van der Waals surface area contributed by atoms with E-state index in [1.807, 2.05) is 13.8 Å². The Morgan fingerprint density at radius 1 is 1.08 bits per heavy atom. The Morgan fingerprint density at radius 2 is 1.69 bits per heavy atom. The van der Waals surface area contributed by atoms with Crippen molar-refractivity contribution in [2.24, 2.45) is 0 Å². The van der Waals surface area contributed by atoms with E-state index in [0.29, 0.717) is 44.6 Å². The van der Waals surface area contributed by atoms with Gasteiger partial charge in [0.2, 0.25) is 11.8 Å². The maximum Gasteiger partial charge on any atom is 0.253 e. The predicted octanol–water partition coefficient (Wildman–Crippen LogP) is 1.04. The van der Waals surface area contributed by atoms with E-state index in [2.05, 4.69) is 5.32 Å². The van der Waals surface area contributed by atoms with Crippen LogP contribution in [0.2, 0.25) is 0 Å². The molecule has 0 radical (unpaired) electrons. The number of carbonyl (C=O) groups excluding carboxylic acids is 3. The van der Waals surface area contributed by atoms with Crippen LogP contribution in [0, 0.1) is 0 Å². The number of hydrogen-bond donors (Lipinski definition) is 1. The quantitative estimate of drug-likeness (QED) is 0.871. The first-order valence-corrected chi connectivity index (χ1v) is 9.08. The van der Waals surface area contributed by atoms with Gasteiger partial charge in [-0.05, 0) is 44.5 Å². The highest BCUT2D eigenvalue weighted by Gasteiger charge is 2.33. The third-order valence-corrected chi connectivity index (χ3v) is 4.64. The van der Waals surface area contributed by atoms with Gasteiger partial charge in [0.1, 0.15) is 11.8 Å². The van der Waals surface area contributed by atoms with Crippen molar-refractivity contribution in [2.75, 3.05) is 26.2 Å². The number of piperazine rings is 1. The molecule has 0 aromatic heterocycles. The molecule has 2 aliphatic rings. The topological polar surface area (TPSA) is 79.0 Å². The third-order valence-electron chi connectivity index (χ3n) is 4.64. The minimum Gasteiger partial charge on any atom is -0.491 e. The zero-order valence-electron chi connectivity index (χ0n) is 15.2. The molecule has 3 amide bonds. The smallest absolute Gasteiger partial charge is 0.253 e. The molecule has 7 nitrogen and oxygen atoms in total. The van der Waals surface area contributed by atoms with Gasteiger partial charge in [-0.3, -0.25) is 14.4 Å². The van der Waals surface area contributed by atoms with Gasteiger partial charge in [0.15, 0.2) is 0 Å². The molecule has 2 heterocycles. The van der Waals surface area contributed by atoms with Gasteiger partial charge in [-0.25, -0.2) is 0 Å². The molecule has 1 N–H and O–H groups in total. The van der Waals surface area contributed by atoms with Gasteiger partial charge >= 0.3 is 0 Å². The fraction of sp³-hybridized carbons (Fsp3) is 0.526. The van der Waals surface area contributed by atoms with Gasteiger partial charge in [0.25, 0.3) is 5.91 Å². The molecule has 3 rings (SSSR count). The van der Waals surface area contributed by atoms with Crippen molar-refractivity contribution in [3.63, 3.8) is 0 Å². The van der Waals surface area contributed by atoms with Gasteiger partial charge in [-0.1, -0.05) is 0 Å². The second kappa shape index (κ2) is 7.76. The Labute approximate surface area is 153 Å². The fourth-order valence-corrected chi connectivity index (χ4v) is 3.28. The number of benzene rings is 1. The van der Waals surface area contributed by atoms with Crippen molar-refractivity contribution in [3.8, 4) is 5.75 Å². The average molecular weight is 359 g/mol. The fourth-order valence-electron chi connectivity index (χ4n) is 3.28. The second-order valence-corrected chi connectivity index (χ2v) is 6.97. The summed E-state index contributed by atoms with van der Waals surface area (Å²) >= 11 is 0. The minimum absolute atomic E-state index is 0.0395. The summed E-state index contributed by atoms with van der Waals surface area (Å²) in [5.74, 6) is 0.591. The van der Waals surface area contributed by atoms with E-state index in [1.54, 1.807) is 34.1 Å². The van der Waals surface area contributed by atoms with E-state index in [9.17, 15) is 14.4 Å². The number of hydrogen-bond acceptors (Lipinski definition) is 4. The van der Waals surface area contributed by atoms with Gasteiger partial charge < -0.3 is 19.9 Å². The Bertz CT molecular complexity index is 679. The molecule has 2 aliphatic heterocycles. The highest BCUT2D eigenvalue weighted by molar-refractivity contribution is 5.95. The summed E-state index contributed by atoms with van der Waals surface area (Å²) < 4.78 is 5.59. The van der Waals surface area contributed by atoms with Crippen LogP contribution >= 0.6 is 0 Å². The SMILES string of the molecule is CC(C)Oc1ccc(C(=O)N2CCN(C(=O)C3CCC(=O)N3)CC2)cc1. The van der Waals surface area contributed by atoms with Crippen molar-refractivity contribution in [2.45, 2.75) is 38.8 Å². The van der Waals surface area contributed by atoms with Crippen molar-refractivity contribution in [1.29, 1.82) is 0 Å².